The van der Waals surface area contributed by atoms with Crippen LogP contribution in [0.15, 0.2) is 60.7 Å². The second-order valence-electron chi connectivity index (χ2n) is 8.05. The summed E-state index contributed by atoms with van der Waals surface area (Å²) in [4.78, 5) is 18.3. The molecule has 0 aliphatic carbocycles. The number of benzene rings is 2. The van der Waals surface area contributed by atoms with E-state index in [-0.39, 0.29) is 18.0 Å². The number of methoxy groups -OCH3 is 1. The standard InChI is InChI=1S/C26H30N2O2S/c1-18-17-22-23(14-11-19-9-12-21(30-3)13-10-19)28(16-15-24(22)31-18)25(26(29)27-2)20-7-5-4-6-8-20/h4-10,12-13,17,23,25H,11,14-16H2,1-3H3,(H,27,29). The molecule has 2 aromatic carbocycles. The largest absolute Gasteiger partial charge is 0.497 e. The minimum atomic E-state index is -0.291. The number of amides is 1. The van der Waals surface area contributed by atoms with E-state index in [1.54, 1.807) is 14.2 Å². The molecule has 0 radical (unpaired) electrons. The fraction of sp³-hybridized carbons (Fsp3) is 0.346. The molecule has 4 nitrogen and oxygen atoms in total. The van der Waals surface area contributed by atoms with E-state index in [9.17, 15) is 4.79 Å². The summed E-state index contributed by atoms with van der Waals surface area (Å²) in [5.74, 6) is 0.929. The van der Waals surface area contributed by atoms with Crippen LogP contribution in [0.25, 0.3) is 0 Å². The van der Waals surface area contributed by atoms with Crippen LogP contribution in [0, 0.1) is 6.92 Å². The number of thiophene rings is 1. The molecule has 2 atom stereocenters. The number of rotatable bonds is 7. The third-order valence-corrected chi connectivity index (χ3v) is 7.25. The Bertz CT molecular complexity index is 1010. The van der Waals surface area contributed by atoms with Gasteiger partial charge in [-0.25, -0.2) is 0 Å². The Kier molecular flexibility index (Phi) is 6.73. The molecule has 2 unspecified atom stereocenters. The highest BCUT2D eigenvalue weighted by molar-refractivity contribution is 7.12. The first-order chi connectivity index (χ1) is 15.1. The van der Waals surface area contributed by atoms with Crippen molar-refractivity contribution < 1.29 is 9.53 Å². The van der Waals surface area contributed by atoms with Crippen molar-refractivity contribution >= 4 is 17.2 Å². The van der Waals surface area contributed by atoms with E-state index >= 15 is 0 Å². The lowest BCUT2D eigenvalue weighted by Crippen LogP contribution is -2.44. The average Bonchev–Trinajstić information content (AvgIpc) is 3.19. The molecule has 162 valence electrons. The minimum absolute atomic E-state index is 0.0519. The van der Waals surface area contributed by atoms with Crippen molar-refractivity contribution in [3.63, 3.8) is 0 Å². The monoisotopic (exact) mass is 434 g/mol. The van der Waals surface area contributed by atoms with E-state index in [1.165, 1.54) is 20.9 Å². The van der Waals surface area contributed by atoms with Crippen molar-refractivity contribution in [1.82, 2.24) is 10.2 Å². The Morgan fingerprint density at radius 2 is 1.94 bits per heavy atom. The lowest BCUT2D eigenvalue weighted by molar-refractivity contribution is -0.127. The van der Waals surface area contributed by atoms with Crippen LogP contribution >= 0.6 is 11.3 Å². The quantitative estimate of drug-likeness (QED) is 0.564. The maximum Gasteiger partial charge on any atom is 0.241 e. The summed E-state index contributed by atoms with van der Waals surface area (Å²) in [7, 11) is 3.42. The predicted octanol–water partition coefficient (Wildman–Crippen LogP) is 5.08. The van der Waals surface area contributed by atoms with Gasteiger partial charge in [0.1, 0.15) is 11.8 Å². The maximum atomic E-state index is 13.1. The molecule has 2 heterocycles. The van der Waals surface area contributed by atoms with Crippen molar-refractivity contribution in [2.45, 2.75) is 38.3 Å². The summed E-state index contributed by atoms with van der Waals surface area (Å²) >= 11 is 1.90. The molecule has 0 fully saturated rings. The van der Waals surface area contributed by atoms with Crippen molar-refractivity contribution in [3.8, 4) is 5.75 Å². The van der Waals surface area contributed by atoms with Gasteiger partial charge in [-0.2, -0.15) is 0 Å². The average molecular weight is 435 g/mol. The number of nitrogens with one attached hydrogen (secondary N) is 1. The van der Waals surface area contributed by atoms with Crippen LogP contribution in [0.2, 0.25) is 0 Å². The van der Waals surface area contributed by atoms with Crippen molar-refractivity contribution in [3.05, 3.63) is 87.1 Å². The molecule has 31 heavy (non-hydrogen) atoms. The molecule has 1 N–H and O–H groups in total. The summed E-state index contributed by atoms with van der Waals surface area (Å²) in [5, 5.41) is 2.91. The van der Waals surface area contributed by atoms with Crippen LogP contribution < -0.4 is 10.1 Å². The zero-order chi connectivity index (χ0) is 21.8. The van der Waals surface area contributed by atoms with E-state index in [0.29, 0.717) is 0 Å². The predicted molar refractivity (Wildman–Crippen MR) is 127 cm³/mol. The Morgan fingerprint density at radius 1 is 1.19 bits per heavy atom. The van der Waals surface area contributed by atoms with Gasteiger partial charge in [0.2, 0.25) is 5.91 Å². The molecule has 0 saturated carbocycles. The fourth-order valence-corrected chi connectivity index (χ4v) is 5.70. The number of nitrogens with zero attached hydrogens (tertiary/aromatic N) is 1. The van der Waals surface area contributed by atoms with Crippen LogP contribution in [0.3, 0.4) is 0 Å². The zero-order valence-electron chi connectivity index (χ0n) is 18.4. The highest BCUT2D eigenvalue weighted by Crippen LogP contribution is 2.42. The van der Waals surface area contributed by atoms with Gasteiger partial charge >= 0.3 is 0 Å². The van der Waals surface area contributed by atoms with Gasteiger partial charge in [0.25, 0.3) is 0 Å². The van der Waals surface area contributed by atoms with Crippen LogP contribution in [0.1, 0.15) is 44.9 Å². The van der Waals surface area contributed by atoms with E-state index in [1.807, 2.05) is 41.7 Å². The smallest absolute Gasteiger partial charge is 0.241 e. The minimum Gasteiger partial charge on any atom is -0.497 e. The normalized spacial score (nSPS) is 17.1. The van der Waals surface area contributed by atoms with Gasteiger partial charge in [0.15, 0.2) is 0 Å². The van der Waals surface area contributed by atoms with Gasteiger partial charge in [0.05, 0.1) is 7.11 Å². The number of hydrogen-bond acceptors (Lipinski definition) is 4. The molecule has 1 aliphatic heterocycles. The molecule has 1 aromatic heterocycles. The zero-order valence-corrected chi connectivity index (χ0v) is 19.2. The second kappa shape index (κ2) is 9.67. The lowest BCUT2D eigenvalue weighted by Gasteiger charge is -2.40. The Hall–Kier alpha value is -2.63. The SMILES string of the molecule is CNC(=O)C(c1ccccc1)N1CCc2sc(C)cc2C1CCc1ccc(OC)cc1. The highest BCUT2D eigenvalue weighted by atomic mass is 32.1. The van der Waals surface area contributed by atoms with Gasteiger partial charge in [-0.1, -0.05) is 42.5 Å². The van der Waals surface area contributed by atoms with Crippen molar-refractivity contribution in [2.75, 3.05) is 20.7 Å². The van der Waals surface area contributed by atoms with E-state index in [2.05, 4.69) is 47.5 Å². The molecule has 0 bridgehead atoms. The molecule has 5 heteroatoms. The van der Waals surface area contributed by atoms with Gasteiger partial charge in [0, 0.05) is 29.4 Å². The molecule has 0 saturated heterocycles. The molecular weight excluding hydrogens is 404 g/mol. The van der Waals surface area contributed by atoms with Crippen LogP contribution in [0.4, 0.5) is 0 Å². The summed E-state index contributed by atoms with van der Waals surface area (Å²) < 4.78 is 5.30. The van der Waals surface area contributed by atoms with Crippen molar-refractivity contribution in [1.29, 1.82) is 0 Å². The molecule has 1 amide bonds. The summed E-state index contributed by atoms with van der Waals surface area (Å²) in [5.41, 5.74) is 3.73. The number of aryl methyl sites for hydroxylation is 2. The molecular formula is C26H30N2O2S. The van der Waals surface area contributed by atoms with Gasteiger partial charge in [-0.05, 0) is 61.1 Å². The lowest BCUT2D eigenvalue weighted by atomic mass is 9.90. The van der Waals surface area contributed by atoms with Crippen LogP contribution in [-0.4, -0.2) is 31.5 Å². The van der Waals surface area contributed by atoms with Gasteiger partial charge in [-0.15, -0.1) is 11.3 Å². The highest BCUT2D eigenvalue weighted by Gasteiger charge is 2.37. The Labute approximate surface area is 188 Å². The number of carbonyl (C=O) groups is 1. The summed E-state index contributed by atoms with van der Waals surface area (Å²) in [6.07, 6.45) is 2.91. The third-order valence-electron chi connectivity index (χ3n) is 6.13. The third kappa shape index (κ3) is 4.68. The topological polar surface area (TPSA) is 41.6 Å². The van der Waals surface area contributed by atoms with Crippen LogP contribution in [0.5, 0.6) is 5.75 Å². The van der Waals surface area contributed by atoms with Gasteiger partial charge < -0.3 is 10.1 Å². The number of hydrogen-bond donors (Lipinski definition) is 1. The summed E-state index contributed by atoms with van der Waals surface area (Å²) in [6.45, 7) is 3.06. The number of ether oxygens (including phenoxy) is 1. The molecule has 0 spiro atoms. The van der Waals surface area contributed by atoms with E-state index in [0.717, 1.165) is 37.1 Å². The first-order valence-electron chi connectivity index (χ1n) is 10.8. The Morgan fingerprint density at radius 3 is 2.61 bits per heavy atom. The number of likely N-dealkylation sites (N-methyl/N-ethyl adjacent to an activating group) is 1. The number of fused-ring (bicyclic) bond motifs is 1. The maximum absolute atomic E-state index is 13.1. The summed E-state index contributed by atoms with van der Waals surface area (Å²) in [6, 6.07) is 20.7. The van der Waals surface area contributed by atoms with E-state index in [4.69, 9.17) is 4.74 Å². The molecule has 1 aliphatic rings. The first kappa shape index (κ1) is 21.6. The molecule has 3 aromatic rings. The van der Waals surface area contributed by atoms with Crippen molar-refractivity contribution in [2.24, 2.45) is 0 Å². The molecule has 4 rings (SSSR count). The number of carbonyl (C=O) groups excluding carboxylic acids is 1. The first-order valence-corrected chi connectivity index (χ1v) is 11.7. The fourth-order valence-electron chi connectivity index (χ4n) is 4.62. The van der Waals surface area contributed by atoms with Crippen LogP contribution in [-0.2, 0) is 17.6 Å². The van der Waals surface area contributed by atoms with E-state index < -0.39 is 0 Å². The second-order valence-corrected chi connectivity index (χ2v) is 9.39. The Balaban J connectivity index is 1.66. The van der Waals surface area contributed by atoms with Gasteiger partial charge in [-0.3, -0.25) is 9.69 Å².